The van der Waals surface area contributed by atoms with Gasteiger partial charge in [-0.1, -0.05) is 19.1 Å². The van der Waals surface area contributed by atoms with Crippen LogP contribution in [0.3, 0.4) is 0 Å². The number of rotatable bonds is 8. The summed E-state index contributed by atoms with van der Waals surface area (Å²) >= 11 is 1.65. The zero-order valence-corrected chi connectivity index (χ0v) is 17.9. The van der Waals surface area contributed by atoms with Crippen molar-refractivity contribution in [3.8, 4) is 5.88 Å². The first-order valence-electron chi connectivity index (χ1n) is 9.99. The average Bonchev–Trinajstić information content (AvgIpc) is 3.17. The van der Waals surface area contributed by atoms with E-state index in [1.165, 1.54) is 0 Å². The van der Waals surface area contributed by atoms with Crippen molar-refractivity contribution in [1.82, 2.24) is 10.2 Å². The predicted octanol–water partition coefficient (Wildman–Crippen LogP) is 1.50. The third-order valence-electron chi connectivity index (χ3n) is 5.09. The van der Waals surface area contributed by atoms with Gasteiger partial charge in [0.05, 0.1) is 6.61 Å². The zero-order valence-electron chi connectivity index (χ0n) is 17.1. The quantitative estimate of drug-likeness (QED) is 0.361. The Hall–Kier alpha value is -1.83. The lowest BCUT2D eigenvalue weighted by Crippen LogP contribution is -2.60. The number of aliphatic hydroxyl groups excluding tert-OH is 4. The van der Waals surface area contributed by atoms with Crippen molar-refractivity contribution in [1.29, 1.82) is 0 Å². The number of thioether (sulfide) groups is 1. The molecule has 5 atom stereocenters. The van der Waals surface area contributed by atoms with Crippen LogP contribution in [0.5, 0.6) is 5.88 Å². The van der Waals surface area contributed by atoms with Gasteiger partial charge >= 0.3 is 6.18 Å². The van der Waals surface area contributed by atoms with E-state index in [9.17, 15) is 33.6 Å². The normalized spacial score (nSPS) is 26.3. The Balaban J connectivity index is 1.80. The molecule has 0 unspecified atom stereocenters. The van der Waals surface area contributed by atoms with Crippen LogP contribution in [0.25, 0.3) is 0 Å². The number of aryl methyl sites for hydroxylation is 1. The topological polar surface area (TPSA) is 128 Å². The Kier molecular flexibility index (Phi) is 8.06. The number of alkyl halides is 3. The van der Waals surface area contributed by atoms with Crippen LogP contribution in [-0.4, -0.2) is 73.7 Å². The molecular formula is C20H25F3N2O6S. The number of nitrogens with zero attached hydrogens (tertiary/aromatic N) is 1. The summed E-state index contributed by atoms with van der Waals surface area (Å²) in [5.41, 5.74) is -0.532. The number of nitrogens with one attached hydrogen (secondary N) is 1. The summed E-state index contributed by atoms with van der Waals surface area (Å²) in [5, 5.41) is 44.6. The fourth-order valence-electron chi connectivity index (χ4n) is 3.38. The van der Waals surface area contributed by atoms with E-state index in [4.69, 9.17) is 9.47 Å². The molecule has 5 N–H and O–H groups in total. The lowest BCUT2D eigenvalue weighted by Gasteiger charge is -2.39. The van der Waals surface area contributed by atoms with E-state index in [1.54, 1.807) is 11.8 Å². The number of halogens is 3. The van der Waals surface area contributed by atoms with Crippen molar-refractivity contribution in [2.45, 2.75) is 61.5 Å². The Bertz CT molecular complexity index is 877. The second-order valence-electron chi connectivity index (χ2n) is 7.27. The highest BCUT2D eigenvalue weighted by Crippen LogP contribution is 2.36. The molecule has 0 radical (unpaired) electrons. The summed E-state index contributed by atoms with van der Waals surface area (Å²) in [5.74, 6) is 0.460. The largest absolute Gasteiger partial charge is 0.443 e. The zero-order chi connectivity index (χ0) is 23.5. The maximum Gasteiger partial charge on any atom is 0.433 e. The fourth-order valence-corrected chi connectivity index (χ4v) is 4.04. The van der Waals surface area contributed by atoms with Gasteiger partial charge in [0.1, 0.15) is 30.1 Å². The Morgan fingerprint density at radius 1 is 1.09 bits per heavy atom. The summed E-state index contributed by atoms with van der Waals surface area (Å²) in [7, 11) is 0. The highest BCUT2D eigenvalue weighted by atomic mass is 32.2. The minimum Gasteiger partial charge on any atom is -0.443 e. The number of aliphatic hydroxyl groups is 4. The second-order valence-corrected chi connectivity index (χ2v) is 8.61. The number of aromatic amines is 1. The van der Waals surface area contributed by atoms with E-state index in [0.29, 0.717) is 0 Å². The molecule has 1 aliphatic rings. The molecule has 2 heterocycles. The SMILES string of the molecule is CCSc1ccc(CCc2c(O[C@@H]3O[C@H](CO)[C@@H](O)[C@H](O)[C@H]3O)n[nH]c2C(F)(F)F)cc1. The molecule has 0 spiro atoms. The first-order chi connectivity index (χ1) is 15.2. The van der Waals surface area contributed by atoms with Gasteiger partial charge in [-0.3, -0.25) is 5.10 Å². The lowest BCUT2D eigenvalue weighted by atomic mass is 9.99. The highest BCUT2D eigenvalue weighted by Gasteiger charge is 2.46. The molecule has 1 aliphatic heterocycles. The van der Waals surface area contributed by atoms with E-state index in [0.717, 1.165) is 16.2 Å². The van der Waals surface area contributed by atoms with E-state index in [1.807, 2.05) is 36.3 Å². The van der Waals surface area contributed by atoms with Crippen LogP contribution in [-0.2, 0) is 23.8 Å². The number of hydrogen-bond donors (Lipinski definition) is 5. The molecule has 0 saturated carbocycles. The number of ether oxygens (including phenoxy) is 2. The van der Waals surface area contributed by atoms with Crippen molar-refractivity contribution in [3.63, 3.8) is 0 Å². The van der Waals surface area contributed by atoms with Crippen LogP contribution in [0.4, 0.5) is 13.2 Å². The summed E-state index contributed by atoms with van der Waals surface area (Å²) in [6.45, 7) is 1.32. The molecule has 178 valence electrons. The van der Waals surface area contributed by atoms with Gasteiger partial charge in [-0.15, -0.1) is 16.9 Å². The first-order valence-corrected chi connectivity index (χ1v) is 11.0. The Labute approximate surface area is 186 Å². The lowest BCUT2D eigenvalue weighted by molar-refractivity contribution is -0.278. The van der Waals surface area contributed by atoms with Gasteiger partial charge in [-0.25, -0.2) is 0 Å². The monoisotopic (exact) mass is 478 g/mol. The van der Waals surface area contributed by atoms with Gasteiger partial charge in [-0.2, -0.15) is 13.2 Å². The van der Waals surface area contributed by atoms with Crippen molar-refractivity contribution in [2.24, 2.45) is 0 Å². The third-order valence-corrected chi connectivity index (χ3v) is 5.98. The van der Waals surface area contributed by atoms with E-state index in [2.05, 4.69) is 5.10 Å². The van der Waals surface area contributed by atoms with Crippen LogP contribution in [0.15, 0.2) is 29.2 Å². The van der Waals surface area contributed by atoms with Crippen molar-refractivity contribution in [3.05, 3.63) is 41.1 Å². The fraction of sp³-hybridized carbons (Fsp3) is 0.550. The van der Waals surface area contributed by atoms with E-state index < -0.39 is 55.1 Å². The standard InChI is InChI=1S/C20H25F3N2O6S/c1-2-32-11-6-3-10(4-7-11)5-8-12-17(20(21,22)23)24-25-18(12)31-19-16(29)15(28)14(27)13(9-26)30-19/h3-4,6-7,13-16,19,26-29H,2,5,8-9H2,1H3,(H,24,25)/t13-,14-,15+,16-,19+/m1/s1. The molecular weight excluding hydrogens is 453 g/mol. The summed E-state index contributed by atoms with van der Waals surface area (Å²) < 4.78 is 51.1. The molecule has 1 aromatic carbocycles. The number of H-pyrrole nitrogens is 1. The van der Waals surface area contributed by atoms with Gasteiger partial charge in [0.15, 0.2) is 0 Å². The highest BCUT2D eigenvalue weighted by molar-refractivity contribution is 7.99. The first kappa shape index (κ1) is 24.8. The Morgan fingerprint density at radius 3 is 2.38 bits per heavy atom. The molecule has 3 rings (SSSR count). The van der Waals surface area contributed by atoms with Gasteiger partial charge < -0.3 is 29.9 Å². The number of aromatic nitrogens is 2. The molecule has 0 aliphatic carbocycles. The molecule has 32 heavy (non-hydrogen) atoms. The van der Waals surface area contributed by atoms with Crippen LogP contribution < -0.4 is 4.74 Å². The van der Waals surface area contributed by atoms with Gasteiger partial charge in [0, 0.05) is 10.5 Å². The number of benzene rings is 1. The maximum atomic E-state index is 13.5. The molecule has 0 amide bonds. The molecule has 1 fully saturated rings. The minimum atomic E-state index is -4.72. The minimum absolute atomic E-state index is 0.0711. The molecule has 8 nitrogen and oxygen atoms in total. The van der Waals surface area contributed by atoms with Crippen LogP contribution in [0.1, 0.15) is 23.7 Å². The maximum absolute atomic E-state index is 13.5. The molecule has 2 aromatic rings. The molecule has 12 heteroatoms. The second kappa shape index (κ2) is 10.4. The van der Waals surface area contributed by atoms with Gasteiger partial charge in [0.2, 0.25) is 12.2 Å². The third kappa shape index (κ3) is 5.56. The van der Waals surface area contributed by atoms with Crippen LogP contribution in [0.2, 0.25) is 0 Å². The summed E-state index contributed by atoms with van der Waals surface area (Å²) in [6, 6.07) is 7.47. The summed E-state index contributed by atoms with van der Waals surface area (Å²) in [6.07, 6.45) is -12.5. The summed E-state index contributed by atoms with van der Waals surface area (Å²) in [4.78, 5) is 1.06. The Morgan fingerprint density at radius 2 is 1.78 bits per heavy atom. The van der Waals surface area contributed by atoms with Crippen LogP contribution >= 0.6 is 11.8 Å². The van der Waals surface area contributed by atoms with E-state index in [-0.39, 0.29) is 18.4 Å². The van der Waals surface area contributed by atoms with Gasteiger partial charge in [-0.05, 0) is 36.3 Å². The molecule has 0 bridgehead atoms. The van der Waals surface area contributed by atoms with Crippen molar-refractivity contribution < 1.29 is 43.1 Å². The predicted molar refractivity (Wildman–Crippen MR) is 108 cm³/mol. The molecule has 1 saturated heterocycles. The van der Waals surface area contributed by atoms with Crippen molar-refractivity contribution >= 4 is 11.8 Å². The van der Waals surface area contributed by atoms with Gasteiger partial charge in [0.25, 0.3) is 0 Å². The smallest absolute Gasteiger partial charge is 0.433 e. The average molecular weight is 478 g/mol. The molecule has 1 aromatic heterocycles. The van der Waals surface area contributed by atoms with Crippen molar-refractivity contribution in [2.75, 3.05) is 12.4 Å². The van der Waals surface area contributed by atoms with Crippen LogP contribution in [0, 0.1) is 0 Å². The van der Waals surface area contributed by atoms with E-state index >= 15 is 0 Å². The number of hydrogen-bond acceptors (Lipinski definition) is 8.